The Kier molecular flexibility index (Phi) is 5.73. The summed E-state index contributed by atoms with van der Waals surface area (Å²) in [6, 6.07) is 2.00. The van der Waals surface area contributed by atoms with Crippen LogP contribution in [0, 0.1) is 11.8 Å². The Bertz CT molecular complexity index is 406. The van der Waals surface area contributed by atoms with Gasteiger partial charge in [0.25, 0.3) is 0 Å². The Balaban J connectivity index is 1.87. The Morgan fingerprint density at radius 3 is 2.78 bits per heavy atom. The monoisotopic (exact) mass is 264 g/mol. The van der Waals surface area contributed by atoms with E-state index in [4.69, 9.17) is 9.84 Å². The van der Waals surface area contributed by atoms with Gasteiger partial charge in [-0.3, -0.25) is 0 Å². The quantitative estimate of drug-likeness (QED) is 0.670. The Hall–Kier alpha value is -0.820. The minimum absolute atomic E-state index is 0.0846. The van der Waals surface area contributed by atoms with E-state index in [1.165, 1.54) is 43.4 Å². The molecule has 0 aromatic carbocycles. The summed E-state index contributed by atoms with van der Waals surface area (Å²) in [5.41, 5.74) is 1.00. The minimum Gasteiger partial charge on any atom is -0.384 e. The van der Waals surface area contributed by atoms with E-state index in [9.17, 15) is 0 Å². The molecule has 1 saturated carbocycles. The van der Waals surface area contributed by atoms with E-state index < -0.39 is 0 Å². The average Bonchev–Trinajstić information content (AvgIpc) is 2.67. The molecule has 1 heterocycles. The molecule has 3 heteroatoms. The maximum atomic E-state index is 8.72. The minimum atomic E-state index is -0.0846. The molecule has 0 radical (unpaired) electrons. The van der Waals surface area contributed by atoms with E-state index in [1.807, 2.05) is 11.4 Å². The Morgan fingerprint density at radius 1 is 1.28 bits per heavy atom. The molecular weight excluding hydrogens is 244 g/mol. The van der Waals surface area contributed by atoms with Crippen molar-refractivity contribution in [3.63, 3.8) is 0 Å². The number of aliphatic hydroxyl groups is 1. The molecule has 1 aliphatic rings. The zero-order chi connectivity index (χ0) is 12.6. The fraction of sp³-hybridized carbons (Fsp3) is 0.600. The first-order valence-electron chi connectivity index (χ1n) is 6.68. The highest BCUT2D eigenvalue weighted by Crippen LogP contribution is 2.23. The number of rotatable bonds is 3. The lowest BCUT2D eigenvalue weighted by atomic mass is 10.1. The molecule has 0 amide bonds. The van der Waals surface area contributed by atoms with Crippen LogP contribution in [0.2, 0.25) is 0 Å². The molecule has 0 aliphatic heterocycles. The van der Waals surface area contributed by atoms with Gasteiger partial charge in [0.05, 0.1) is 12.7 Å². The van der Waals surface area contributed by atoms with Crippen LogP contribution in [-0.2, 0) is 11.3 Å². The van der Waals surface area contributed by atoms with Gasteiger partial charge in [0.1, 0.15) is 6.61 Å². The SMILES string of the molecule is OCC#Cc1ccsc1COC1CCCCCC1. The van der Waals surface area contributed by atoms with Gasteiger partial charge in [-0.1, -0.05) is 37.5 Å². The first kappa shape index (κ1) is 13.6. The van der Waals surface area contributed by atoms with Crippen molar-refractivity contribution < 1.29 is 9.84 Å². The van der Waals surface area contributed by atoms with Crippen LogP contribution in [0.25, 0.3) is 0 Å². The second-order valence-electron chi connectivity index (χ2n) is 4.64. The number of aliphatic hydroxyl groups excluding tert-OH is 1. The van der Waals surface area contributed by atoms with Crippen molar-refractivity contribution in [2.75, 3.05) is 6.61 Å². The van der Waals surface area contributed by atoms with Crippen LogP contribution < -0.4 is 0 Å². The molecule has 98 valence electrons. The first-order chi connectivity index (χ1) is 8.90. The first-order valence-corrected chi connectivity index (χ1v) is 7.56. The fourth-order valence-electron chi connectivity index (χ4n) is 2.30. The number of hydrogen-bond donors (Lipinski definition) is 1. The van der Waals surface area contributed by atoms with Crippen molar-refractivity contribution in [1.82, 2.24) is 0 Å². The van der Waals surface area contributed by atoms with Gasteiger partial charge in [-0.15, -0.1) is 11.3 Å². The molecule has 2 rings (SSSR count). The highest BCUT2D eigenvalue weighted by atomic mass is 32.1. The van der Waals surface area contributed by atoms with Crippen molar-refractivity contribution in [3.05, 3.63) is 21.9 Å². The zero-order valence-corrected chi connectivity index (χ0v) is 11.5. The predicted octanol–water partition coefficient (Wildman–Crippen LogP) is 3.33. The van der Waals surface area contributed by atoms with E-state index in [2.05, 4.69) is 11.8 Å². The summed E-state index contributed by atoms with van der Waals surface area (Å²) < 4.78 is 6.01. The molecule has 0 bridgehead atoms. The summed E-state index contributed by atoms with van der Waals surface area (Å²) in [4.78, 5) is 1.18. The standard InChI is InChI=1S/C15H20O2S/c16-10-5-6-13-9-11-18-15(13)12-17-14-7-3-1-2-4-8-14/h9,11,14,16H,1-4,7-8,10,12H2. The normalized spacial score (nSPS) is 16.9. The number of hydrogen-bond acceptors (Lipinski definition) is 3. The largest absolute Gasteiger partial charge is 0.384 e. The summed E-state index contributed by atoms with van der Waals surface area (Å²) in [5.74, 6) is 5.67. The van der Waals surface area contributed by atoms with Crippen molar-refractivity contribution >= 4 is 11.3 Å². The summed E-state index contributed by atoms with van der Waals surface area (Å²) in [5, 5.41) is 10.8. The van der Waals surface area contributed by atoms with E-state index in [-0.39, 0.29) is 6.61 Å². The zero-order valence-electron chi connectivity index (χ0n) is 10.7. The Labute approximate surface area is 113 Å². The molecule has 2 nitrogen and oxygen atoms in total. The van der Waals surface area contributed by atoms with Crippen LogP contribution in [-0.4, -0.2) is 17.8 Å². The van der Waals surface area contributed by atoms with Crippen molar-refractivity contribution in [3.8, 4) is 11.8 Å². The van der Waals surface area contributed by atoms with Gasteiger partial charge >= 0.3 is 0 Å². The second kappa shape index (κ2) is 7.58. The van der Waals surface area contributed by atoms with Crippen molar-refractivity contribution in [2.45, 2.75) is 51.2 Å². The van der Waals surface area contributed by atoms with Gasteiger partial charge in [0.2, 0.25) is 0 Å². The van der Waals surface area contributed by atoms with Crippen LogP contribution >= 0.6 is 11.3 Å². The highest BCUT2D eigenvalue weighted by Gasteiger charge is 2.13. The van der Waals surface area contributed by atoms with Crippen LogP contribution in [0.1, 0.15) is 49.0 Å². The predicted molar refractivity (Wildman–Crippen MR) is 74.6 cm³/mol. The second-order valence-corrected chi connectivity index (χ2v) is 5.64. The smallest absolute Gasteiger partial charge is 0.104 e. The Morgan fingerprint density at radius 2 is 2.06 bits per heavy atom. The van der Waals surface area contributed by atoms with Gasteiger partial charge in [-0.05, 0) is 24.3 Å². The lowest BCUT2D eigenvalue weighted by Gasteiger charge is -2.14. The average molecular weight is 264 g/mol. The summed E-state index contributed by atoms with van der Waals surface area (Å²) in [7, 11) is 0. The maximum absolute atomic E-state index is 8.72. The van der Waals surface area contributed by atoms with E-state index in [1.54, 1.807) is 11.3 Å². The van der Waals surface area contributed by atoms with Gasteiger partial charge < -0.3 is 9.84 Å². The summed E-state index contributed by atoms with van der Waals surface area (Å²) >= 11 is 1.68. The lowest BCUT2D eigenvalue weighted by Crippen LogP contribution is -2.11. The van der Waals surface area contributed by atoms with Crippen LogP contribution in [0.4, 0.5) is 0 Å². The third kappa shape index (κ3) is 4.13. The van der Waals surface area contributed by atoms with Gasteiger partial charge in [-0.2, -0.15) is 0 Å². The molecule has 1 aromatic rings. The fourth-order valence-corrected chi connectivity index (χ4v) is 3.05. The third-order valence-electron chi connectivity index (χ3n) is 3.30. The van der Waals surface area contributed by atoms with E-state index in [0.717, 1.165) is 5.56 Å². The molecule has 0 spiro atoms. The van der Waals surface area contributed by atoms with Gasteiger partial charge in [0.15, 0.2) is 0 Å². The lowest BCUT2D eigenvalue weighted by molar-refractivity contribution is 0.0324. The van der Waals surface area contributed by atoms with Crippen molar-refractivity contribution in [1.29, 1.82) is 0 Å². The van der Waals surface area contributed by atoms with Crippen molar-refractivity contribution in [2.24, 2.45) is 0 Å². The van der Waals surface area contributed by atoms with E-state index >= 15 is 0 Å². The molecule has 18 heavy (non-hydrogen) atoms. The molecule has 1 N–H and O–H groups in total. The third-order valence-corrected chi connectivity index (χ3v) is 4.19. The van der Waals surface area contributed by atoms with Gasteiger partial charge in [0, 0.05) is 10.4 Å². The molecule has 1 aromatic heterocycles. The highest BCUT2D eigenvalue weighted by molar-refractivity contribution is 7.10. The molecule has 0 saturated heterocycles. The number of ether oxygens (including phenoxy) is 1. The van der Waals surface area contributed by atoms with Crippen LogP contribution in [0.5, 0.6) is 0 Å². The van der Waals surface area contributed by atoms with Crippen LogP contribution in [0.15, 0.2) is 11.4 Å². The number of thiophene rings is 1. The van der Waals surface area contributed by atoms with Gasteiger partial charge in [-0.25, -0.2) is 0 Å². The molecule has 0 atom stereocenters. The molecule has 1 fully saturated rings. The maximum Gasteiger partial charge on any atom is 0.104 e. The summed E-state index contributed by atoms with van der Waals surface area (Å²) in [6.07, 6.45) is 8.12. The molecule has 1 aliphatic carbocycles. The topological polar surface area (TPSA) is 29.5 Å². The van der Waals surface area contributed by atoms with E-state index in [0.29, 0.717) is 12.7 Å². The van der Waals surface area contributed by atoms with Crippen LogP contribution in [0.3, 0.4) is 0 Å². The molecular formula is C15H20O2S. The molecule has 0 unspecified atom stereocenters. The summed E-state index contributed by atoms with van der Waals surface area (Å²) in [6.45, 7) is 0.580.